The van der Waals surface area contributed by atoms with Gasteiger partial charge in [-0.25, -0.2) is 14.0 Å². The Morgan fingerprint density at radius 1 is 1.21 bits per heavy atom. The van der Waals surface area contributed by atoms with E-state index in [1.165, 1.54) is 19.0 Å². The average Bonchev–Trinajstić information content (AvgIpc) is 2.55. The third-order valence-electron chi connectivity index (χ3n) is 3.14. The SMILES string of the molecule is CN(C)C(=O)Nc1cc(C(=O)OCc2ccccc2)c(Cl)cc1F. The van der Waals surface area contributed by atoms with Gasteiger partial charge in [0.2, 0.25) is 0 Å². The number of nitrogens with zero attached hydrogens (tertiary/aromatic N) is 1. The number of carbonyl (C=O) groups excluding carboxylic acids is 2. The normalized spacial score (nSPS) is 10.2. The molecule has 0 aromatic heterocycles. The molecule has 126 valence electrons. The first-order valence-electron chi connectivity index (χ1n) is 7.07. The summed E-state index contributed by atoms with van der Waals surface area (Å²) < 4.78 is 19.1. The van der Waals surface area contributed by atoms with Crippen molar-refractivity contribution in [1.29, 1.82) is 0 Å². The maximum atomic E-state index is 13.9. The molecule has 0 fully saturated rings. The molecule has 2 aromatic carbocycles. The Kier molecular flexibility index (Phi) is 5.76. The Bertz CT molecular complexity index is 751. The number of hydrogen-bond acceptors (Lipinski definition) is 3. The maximum Gasteiger partial charge on any atom is 0.340 e. The molecule has 2 amide bonds. The van der Waals surface area contributed by atoms with Gasteiger partial charge in [0.15, 0.2) is 0 Å². The fourth-order valence-electron chi connectivity index (χ4n) is 1.83. The summed E-state index contributed by atoms with van der Waals surface area (Å²) in [6, 6.07) is 10.7. The third kappa shape index (κ3) is 4.45. The molecule has 0 aliphatic heterocycles. The highest BCUT2D eigenvalue weighted by atomic mass is 35.5. The van der Waals surface area contributed by atoms with Crippen LogP contribution < -0.4 is 5.32 Å². The van der Waals surface area contributed by atoms with Gasteiger partial charge in [0.1, 0.15) is 12.4 Å². The largest absolute Gasteiger partial charge is 0.457 e. The highest BCUT2D eigenvalue weighted by Gasteiger charge is 2.18. The highest BCUT2D eigenvalue weighted by Crippen LogP contribution is 2.25. The van der Waals surface area contributed by atoms with E-state index < -0.39 is 17.8 Å². The van der Waals surface area contributed by atoms with Crippen molar-refractivity contribution in [3.63, 3.8) is 0 Å². The van der Waals surface area contributed by atoms with E-state index in [0.29, 0.717) is 0 Å². The van der Waals surface area contributed by atoms with Gasteiger partial charge in [0.25, 0.3) is 0 Å². The fraction of sp³-hybridized carbons (Fsp3) is 0.176. The van der Waals surface area contributed by atoms with Crippen molar-refractivity contribution in [2.45, 2.75) is 6.61 Å². The molecule has 2 rings (SSSR count). The molecule has 0 aliphatic carbocycles. The van der Waals surface area contributed by atoms with Crippen molar-refractivity contribution in [2.75, 3.05) is 19.4 Å². The van der Waals surface area contributed by atoms with Gasteiger partial charge < -0.3 is 15.0 Å². The monoisotopic (exact) mass is 350 g/mol. The summed E-state index contributed by atoms with van der Waals surface area (Å²) in [6.45, 7) is 0.0623. The Labute approximate surface area is 144 Å². The number of benzene rings is 2. The molecule has 0 radical (unpaired) electrons. The molecule has 0 spiro atoms. The second-order valence-electron chi connectivity index (χ2n) is 5.20. The summed E-state index contributed by atoms with van der Waals surface area (Å²) in [5.41, 5.74) is 0.637. The first-order chi connectivity index (χ1) is 11.4. The number of hydrogen-bond donors (Lipinski definition) is 1. The van der Waals surface area contributed by atoms with Gasteiger partial charge in [-0.3, -0.25) is 0 Å². The Hall–Kier alpha value is -2.60. The van der Waals surface area contributed by atoms with Crippen molar-refractivity contribution in [2.24, 2.45) is 0 Å². The van der Waals surface area contributed by atoms with Crippen LogP contribution in [0.4, 0.5) is 14.9 Å². The topological polar surface area (TPSA) is 58.6 Å². The Balaban J connectivity index is 2.16. The van der Waals surface area contributed by atoms with Crippen molar-refractivity contribution in [3.05, 3.63) is 64.4 Å². The molecule has 0 saturated heterocycles. The van der Waals surface area contributed by atoms with Crippen LogP contribution in [-0.4, -0.2) is 31.0 Å². The van der Waals surface area contributed by atoms with Crippen molar-refractivity contribution in [3.8, 4) is 0 Å². The Morgan fingerprint density at radius 3 is 2.50 bits per heavy atom. The number of halogens is 2. The first kappa shape index (κ1) is 17.7. The van der Waals surface area contributed by atoms with Gasteiger partial charge in [0, 0.05) is 14.1 Å². The molecule has 0 saturated carbocycles. The van der Waals surface area contributed by atoms with Crippen LogP contribution in [-0.2, 0) is 11.3 Å². The molecule has 5 nitrogen and oxygen atoms in total. The number of anilines is 1. The van der Waals surface area contributed by atoms with Crippen LogP contribution in [0.15, 0.2) is 42.5 Å². The average molecular weight is 351 g/mol. The summed E-state index contributed by atoms with van der Waals surface area (Å²) in [5, 5.41) is 2.26. The summed E-state index contributed by atoms with van der Waals surface area (Å²) in [4.78, 5) is 25.0. The lowest BCUT2D eigenvalue weighted by atomic mass is 10.2. The molecule has 0 unspecified atom stereocenters. The quantitative estimate of drug-likeness (QED) is 0.850. The first-order valence-corrected chi connectivity index (χ1v) is 7.44. The zero-order valence-electron chi connectivity index (χ0n) is 13.2. The third-order valence-corrected chi connectivity index (χ3v) is 3.45. The molecule has 0 bridgehead atoms. The van der Waals surface area contributed by atoms with E-state index in [0.717, 1.165) is 17.7 Å². The molecule has 1 N–H and O–H groups in total. The lowest BCUT2D eigenvalue weighted by molar-refractivity contribution is 0.0473. The van der Waals surface area contributed by atoms with Crippen LogP contribution in [0.3, 0.4) is 0 Å². The predicted octanol–water partition coefficient (Wildman–Crippen LogP) is 3.93. The van der Waals surface area contributed by atoms with Gasteiger partial charge in [-0.05, 0) is 17.7 Å². The van der Waals surface area contributed by atoms with E-state index in [-0.39, 0.29) is 22.9 Å². The van der Waals surface area contributed by atoms with Crippen LogP contribution in [0.25, 0.3) is 0 Å². The summed E-state index contributed by atoms with van der Waals surface area (Å²) >= 11 is 5.91. The van der Waals surface area contributed by atoms with E-state index in [9.17, 15) is 14.0 Å². The minimum Gasteiger partial charge on any atom is -0.457 e. The summed E-state index contributed by atoms with van der Waals surface area (Å²) in [5.74, 6) is -1.45. The predicted molar refractivity (Wildman–Crippen MR) is 89.7 cm³/mol. The number of nitrogens with one attached hydrogen (secondary N) is 1. The fourth-order valence-corrected chi connectivity index (χ4v) is 2.06. The molecule has 24 heavy (non-hydrogen) atoms. The van der Waals surface area contributed by atoms with Gasteiger partial charge >= 0.3 is 12.0 Å². The standard InChI is InChI=1S/C17H16ClFN2O3/c1-21(2)17(23)20-15-8-12(13(18)9-14(15)19)16(22)24-10-11-6-4-3-5-7-11/h3-9H,10H2,1-2H3,(H,20,23). The van der Waals surface area contributed by atoms with E-state index in [4.69, 9.17) is 16.3 Å². The van der Waals surface area contributed by atoms with Crippen molar-refractivity contribution in [1.82, 2.24) is 4.90 Å². The second-order valence-corrected chi connectivity index (χ2v) is 5.61. The molecular weight excluding hydrogens is 335 g/mol. The number of rotatable bonds is 4. The van der Waals surface area contributed by atoms with Crippen LogP contribution >= 0.6 is 11.6 Å². The van der Waals surface area contributed by atoms with E-state index >= 15 is 0 Å². The molecule has 0 atom stereocenters. The molecular formula is C17H16ClFN2O3. The van der Waals surface area contributed by atoms with Crippen molar-refractivity contribution < 1.29 is 18.7 Å². The van der Waals surface area contributed by atoms with Gasteiger partial charge in [-0.1, -0.05) is 41.9 Å². The van der Waals surface area contributed by atoms with Crippen LogP contribution in [0.5, 0.6) is 0 Å². The van der Waals surface area contributed by atoms with Crippen LogP contribution in [0.1, 0.15) is 15.9 Å². The summed E-state index contributed by atoms with van der Waals surface area (Å²) in [6.07, 6.45) is 0. The van der Waals surface area contributed by atoms with Crippen LogP contribution in [0.2, 0.25) is 5.02 Å². The second kappa shape index (κ2) is 7.79. The number of amides is 2. The van der Waals surface area contributed by atoms with Crippen molar-refractivity contribution >= 4 is 29.3 Å². The van der Waals surface area contributed by atoms with E-state index in [2.05, 4.69) is 5.32 Å². The lowest BCUT2D eigenvalue weighted by Gasteiger charge is -2.14. The van der Waals surface area contributed by atoms with Gasteiger partial charge in [-0.15, -0.1) is 0 Å². The number of ether oxygens (including phenoxy) is 1. The molecule has 0 aliphatic rings. The van der Waals surface area contributed by atoms with Gasteiger partial charge in [-0.2, -0.15) is 0 Å². The minimum absolute atomic E-state index is 0.0250. The minimum atomic E-state index is -0.741. The Morgan fingerprint density at radius 2 is 1.88 bits per heavy atom. The van der Waals surface area contributed by atoms with E-state index in [1.807, 2.05) is 30.3 Å². The smallest absolute Gasteiger partial charge is 0.340 e. The number of urea groups is 1. The zero-order chi connectivity index (χ0) is 17.7. The molecule has 7 heteroatoms. The number of esters is 1. The lowest BCUT2D eigenvalue weighted by Crippen LogP contribution is -2.27. The van der Waals surface area contributed by atoms with E-state index in [1.54, 1.807) is 0 Å². The zero-order valence-corrected chi connectivity index (χ0v) is 13.9. The van der Waals surface area contributed by atoms with Gasteiger partial charge in [0.05, 0.1) is 16.3 Å². The highest BCUT2D eigenvalue weighted by molar-refractivity contribution is 6.33. The maximum absolute atomic E-state index is 13.9. The number of carbonyl (C=O) groups is 2. The molecule has 2 aromatic rings. The molecule has 0 heterocycles. The van der Waals surface area contributed by atoms with Crippen LogP contribution in [0, 0.1) is 5.82 Å². The summed E-state index contributed by atoms with van der Waals surface area (Å²) in [7, 11) is 3.02.